The van der Waals surface area contributed by atoms with Crippen molar-refractivity contribution in [2.75, 3.05) is 26.2 Å². The number of carbonyl (C=O) groups excluding carboxylic acids is 2. The summed E-state index contributed by atoms with van der Waals surface area (Å²) in [7, 11) is 0. The topological polar surface area (TPSA) is 84.7 Å². The molecule has 142 valence electrons. The molecule has 8 nitrogen and oxygen atoms in total. The second-order valence-corrected chi connectivity index (χ2v) is 7.00. The van der Waals surface area contributed by atoms with Gasteiger partial charge in [-0.15, -0.1) is 0 Å². The molecule has 0 atom stereocenters. The van der Waals surface area contributed by atoms with Gasteiger partial charge in [-0.05, 0) is 31.9 Å². The van der Waals surface area contributed by atoms with E-state index in [9.17, 15) is 14.4 Å². The van der Waals surface area contributed by atoms with Gasteiger partial charge in [0.25, 0.3) is 5.56 Å². The summed E-state index contributed by atoms with van der Waals surface area (Å²) in [6.07, 6.45) is 1.20. The number of cyclic esters (lactones) is 1. The van der Waals surface area contributed by atoms with Gasteiger partial charge in [0.05, 0.1) is 17.6 Å². The molecule has 0 bridgehead atoms. The van der Waals surface area contributed by atoms with Gasteiger partial charge < -0.3 is 14.5 Å². The van der Waals surface area contributed by atoms with Gasteiger partial charge in [-0.1, -0.05) is 12.1 Å². The molecule has 0 saturated carbocycles. The highest BCUT2D eigenvalue weighted by atomic mass is 16.6. The van der Waals surface area contributed by atoms with Crippen LogP contribution in [0.3, 0.4) is 0 Å². The predicted octanol–water partition coefficient (Wildman–Crippen LogP) is 1.15. The Morgan fingerprint density at radius 1 is 1.19 bits per heavy atom. The lowest BCUT2D eigenvalue weighted by molar-refractivity contribution is -0.133. The Morgan fingerprint density at radius 3 is 2.63 bits per heavy atom. The van der Waals surface area contributed by atoms with Crippen molar-refractivity contribution in [2.45, 2.75) is 32.4 Å². The Labute approximate surface area is 156 Å². The number of para-hydroxylation sites is 2. The van der Waals surface area contributed by atoms with Crippen molar-refractivity contribution in [1.82, 2.24) is 19.4 Å². The molecule has 27 heavy (non-hydrogen) atoms. The maximum absolute atomic E-state index is 12.8. The fourth-order valence-electron chi connectivity index (χ4n) is 3.88. The van der Waals surface area contributed by atoms with Gasteiger partial charge in [0, 0.05) is 19.1 Å². The summed E-state index contributed by atoms with van der Waals surface area (Å²) in [4.78, 5) is 44.9. The molecule has 1 aromatic heterocycles. The van der Waals surface area contributed by atoms with Crippen LogP contribution in [0.15, 0.2) is 29.1 Å². The fraction of sp³-hybridized carbons (Fsp3) is 0.474. The Balaban J connectivity index is 1.48. The van der Waals surface area contributed by atoms with Crippen LogP contribution >= 0.6 is 0 Å². The average Bonchev–Trinajstić information content (AvgIpc) is 3.11. The average molecular weight is 370 g/mol. The number of aromatic nitrogens is 2. The van der Waals surface area contributed by atoms with Gasteiger partial charge >= 0.3 is 6.09 Å². The number of aryl methyl sites for hydroxylation is 1. The molecule has 2 saturated heterocycles. The minimum atomic E-state index is -0.259. The zero-order valence-corrected chi connectivity index (χ0v) is 15.3. The first-order valence-corrected chi connectivity index (χ1v) is 9.22. The molecule has 2 aromatic rings. The van der Waals surface area contributed by atoms with Crippen molar-refractivity contribution < 1.29 is 14.3 Å². The molecular formula is C19H22N4O4. The van der Waals surface area contributed by atoms with Crippen molar-refractivity contribution in [1.29, 1.82) is 0 Å². The Hall–Kier alpha value is -2.90. The Kier molecular flexibility index (Phi) is 4.55. The second-order valence-electron chi connectivity index (χ2n) is 7.00. The number of benzene rings is 1. The van der Waals surface area contributed by atoms with Crippen LogP contribution in [-0.2, 0) is 16.1 Å². The molecule has 2 aliphatic heterocycles. The van der Waals surface area contributed by atoms with Crippen LogP contribution in [0, 0.1) is 6.92 Å². The third kappa shape index (κ3) is 3.27. The molecule has 0 spiro atoms. The molecule has 0 N–H and O–H groups in total. The van der Waals surface area contributed by atoms with Gasteiger partial charge in [0.2, 0.25) is 5.91 Å². The van der Waals surface area contributed by atoms with E-state index in [4.69, 9.17) is 4.74 Å². The molecule has 8 heteroatoms. The molecule has 2 amide bonds. The lowest BCUT2D eigenvalue weighted by Gasteiger charge is -2.35. The van der Waals surface area contributed by atoms with Gasteiger partial charge in [0.1, 0.15) is 18.8 Å². The minimum Gasteiger partial charge on any atom is -0.448 e. The number of hydrogen-bond acceptors (Lipinski definition) is 5. The first kappa shape index (κ1) is 17.5. The number of hydrogen-bond donors (Lipinski definition) is 0. The van der Waals surface area contributed by atoms with Crippen LogP contribution in [-0.4, -0.2) is 63.6 Å². The van der Waals surface area contributed by atoms with Crippen molar-refractivity contribution >= 4 is 23.0 Å². The first-order valence-electron chi connectivity index (χ1n) is 9.22. The standard InChI is InChI=1S/C19H22N4O4/c1-13-18(25)23(16-5-3-2-4-15(16)20-13)12-17(24)21-8-6-14(7-9-21)22-10-11-27-19(22)26/h2-5,14H,6-12H2,1H3. The van der Waals surface area contributed by atoms with E-state index in [1.54, 1.807) is 16.7 Å². The molecule has 3 heterocycles. The van der Waals surface area contributed by atoms with Gasteiger partial charge in [-0.2, -0.15) is 0 Å². The third-order valence-electron chi connectivity index (χ3n) is 5.36. The molecule has 0 aliphatic carbocycles. The van der Waals surface area contributed by atoms with Gasteiger partial charge in [-0.25, -0.2) is 9.78 Å². The van der Waals surface area contributed by atoms with E-state index >= 15 is 0 Å². The third-order valence-corrected chi connectivity index (χ3v) is 5.36. The van der Waals surface area contributed by atoms with Crippen LogP contribution in [0.4, 0.5) is 4.79 Å². The van der Waals surface area contributed by atoms with E-state index < -0.39 is 0 Å². The zero-order valence-electron chi connectivity index (χ0n) is 15.3. The highest BCUT2D eigenvalue weighted by Gasteiger charge is 2.33. The normalized spacial score (nSPS) is 18.2. The van der Waals surface area contributed by atoms with Crippen LogP contribution in [0.2, 0.25) is 0 Å². The molecular weight excluding hydrogens is 348 g/mol. The van der Waals surface area contributed by atoms with Crippen LogP contribution in [0.1, 0.15) is 18.5 Å². The van der Waals surface area contributed by atoms with E-state index in [2.05, 4.69) is 4.98 Å². The molecule has 2 fully saturated rings. The maximum Gasteiger partial charge on any atom is 0.410 e. The van der Waals surface area contributed by atoms with E-state index in [1.165, 1.54) is 4.57 Å². The number of carbonyl (C=O) groups is 2. The number of piperidine rings is 1. The summed E-state index contributed by atoms with van der Waals surface area (Å²) in [5.74, 6) is -0.0877. The number of fused-ring (bicyclic) bond motifs is 1. The molecule has 0 radical (unpaired) electrons. The fourth-order valence-corrected chi connectivity index (χ4v) is 3.88. The lowest BCUT2D eigenvalue weighted by atomic mass is 10.0. The number of nitrogens with zero attached hydrogens (tertiary/aromatic N) is 4. The SMILES string of the molecule is Cc1nc2ccccc2n(CC(=O)N2CCC(N3CCOC3=O)CC2)c1=O. The summed E-state index contributed by atoms with van der Waals surface area (Å²) >= 11 is 0. The number of ether oxygens (including phenoxy) is 1. The maximum atomic E-state index is 12.8. The summed E-state index contributed by atoms with van der Waals surface area (Å²) in [6.45, 7) is 3.87. The highest BCUT2D eigenvalue weighted by molar-refractivity contribution is 5.80. The highest BCUT2D eigenvalue weighted by Crippen LogP contribution is 2.20. The summed E-state index contributed by atoms with van der Waals surface area (Å²) in [6, 6.07) is 7.46. The van der Waals surface area contributed by atoms with E-state index in [1.807, 2.05) is 24.3 Å². The van der Waals surface area contributed by atoms with E-state index in [0.717, 1.165) is 12.8 Å². The van der Waals surface area contributed by atoms with Crippen molar-refractivity contribution in [3.8, 4) is 0 Å². The molecule has 2 aliphatic rings. The van der Waals surface area contributed by atoms with Gasteiger partial charge in [0.15, 0.2) is 0 Å². The smallest absolute Gasteiger partial charge is 0.410 e. The van der Waals surface area contributed by atoms with Crippen LogP contribution in [0.5, 0.6) is 0 Å². The summed E-state index contributed by atoms with van der Waals surface area (Å²) in [5.41, 5.74) is 1.51. The number of amides is 2. The lowest BCUT2D eigenvalue weighted by Crippen LogP contribution is -2.48. The largest absolute Gasteiger partial charge is 0.448 e. The zero-order chi connectivity index (χ0) is 19.0. The van der Waals surface area contributed by atoms with Crippen molar-refractivity contribution in [3.63, 3.8) is 0 Å². The second kappa shape index (κ2) is 7.02. The first-order chi connectivity index (χ1) is 13.0. The summed E-state index contributed by atoms with van der Waals surface area (Å²) in [5, 5.41) is 0. The monoisotopic (exact) mass is 370 g/mol. The number of likely N-dealkylation sites (tertiary alicyclic amines) is 1. The number of rotatable bonds is 3. The van der Waals surface area contributed by atoms with Gasteiger partial charge in [-0.3, -0.25) is 14.2 Å². The van der Waals surface area contributed by atoms with E-state index in [-0.39, 0.29) is 30.1 Å². The van der Waals surface area contributed by atoms with Crippen LogP contribution in [0.25, 0.3) is 11.0 Å². The van der Waals surface area contributed by atoms with Crippen molar-refractivity contribution in [2.24, 2.45) is 0 Å². The van der Waals surface area contributed by atoms with Crippen LogP contribution < -0.4 is 5.56 Å². The molecule has 0 unspecified atom stereocenters. The quantitative estimate of drug-likeness (QED) is 0.809. The Morgan fingerprint density at radius 2 is 1.93 bits per heavy atom. The van der Waals surface area contributed by atoms with E-state index in [0.29, 0.717) is 43.0 Å². The Bertz CT molecular complexity index is 946. The summed E-state index contributed by atoms with van der Waals surface area (Å²) < 4.78 is 6.50. The minimum absolute atomic E-state index is 0.000864. The van der Waals surface area contributed by atoms with Crippen molar-refractivity contribution in [3.05, 3.63) is 40.3 Å². The molecule has 4 rings (SSSR count). The predicted molar refractivity (Wildman–Crippen MR) is 98.4 cm³/mol. The molecule has 1 aromatic carbocycles.